The van der Waals surface area contributed by atoms with Crippen molar-refractivity contribution in [2.45, 2.75) is 18.9 Å². The first kappa shape index (κ1) is 11.7. The number of rotatable bonds is 2. The number of anilines is 1. The molecule has 2 aliphatic rings. The minimum Gasteiger partial charge on any atom is -0.342 e. The normalized spacial score (nSPS) is 24.1. The van der Waals surface area contributed by atoms with Crippen LogP contribution in [0.1, 0.15) is 12.8 Å². The van der Waals surface area contributed by atoms with Crippen molar-refractivity contribution in [2.24, 2.45) is 5.92 Å². The van der Waals surface area contributed by atoms with Crippen LogP contribution in [0, 0.1) is 5.92 Å². The molecular formula is C13H13BrN2O2. The van der Waals surface area contributed by atoms with Crippen molar-refractivity contribution < 1.29 is 9.59 Å². The maximum atomic E-state index is 12.4. The van der Waals surface area contributed by atoms with E-state index < -0.39 is 0 Å². The first-order chi connectivity index (χ1) is 8.65. The third kappa shape index (κ3) is 2.14. The molecule has 1 aliphatic carbocycles. The predicted molar refractivity (Wildman–Crippen MR) is 71.1 cm³/mol. The van der Waals surface area contributed by atoms with Gasteiger partial charge in [-0.25, -0.2) is 0 Å². The van der Waals surface area contributed by atoms with Crippen molar-refractivity contribution in [1.82, 2.24) is 5.32 Å². The van der Waals surface area contributed by atoms with Gasteiger partial charge in [-0.3, -0.25) is 9.59 Å². The second-order valence-corrected chi connectivity index (χ2v) is 5.70. The van der Waals surface area contributed by atoms with Crippen molar-refractivity contribution >= 4 is 33.4 Å². The Kier molecular flexibility index (Phi) is 2.86. The van der Waals surface area contributed by atoms with Gasteiger partial charge in [0.1, 0.15) is 12.6 Å². The highest BCUT2D eigenvalue weighted by Crippen LogP contribution is 2.35. The summed E-state index contributed by atoms with van der Waals surface area (Å²) in [4.78, 5) is 25.6. The molecule has 1 unspecified atom stereocenters. The van der Waals surface area contributed by atoms with Gasteiger partial charge in [0.2, 0.25) is 11.8 Å². The molecule has 0 aromatic heterocycles. The largest absolute Gasteiger partial charge is 0.342 e. The minimum absolute atomic E-state index is 0.00944. The molecular weight excluding hydrogens is 296 g/mol. The van der Waals surface area contributed by atoms with E-state index in [0.29, 0.717) is 5.92 Å². The summed E-state index contributed by atoms with van der Waals surface area (Å²) in [7, 11) is 0. The van der Waals surface area contributed by atoms with Gasteiger partial charge in [-0.05, 0) is 37.0 Å². The van der Waals surface area contributed by atoms with Crippen molar-refractivity contribution in [2.75, 3.05) is 11.4 Å². The topological polar surface area (TPSA) is 49.4 Å². The summed E-state index contributed by atoms with van der Waals surface area (Å²) in [6.07, 6.45) is 2.06. The van der Waals surface area contributed by atoms with Crippen LogP contribution in [0.2, 0.25) is 0 Å². The standard InChI is InChI=1S/C13H13BrN2O2/c14-9-2-1-3-10(6-9)16-7-11(17)15-12(13(16)18)8-4-5-8/h1-3,6,8,12H,4-5,7H2,(H,15,17). The van der Waals surface area contributed by atoms with Crippen LogP contribution in [-0.4, -0.2) is 24.4 Å². The van der Waals surface area contributed by atoms with Gasteiger partial charge in [-0.1, -0.05) is 22.0 Å². The van der Waals surface area contributed by atoms with E-state index >= 15 is 0 Å². The Bertz CT molecular complexity index is 513. The number of carbonyl (C=O) groups excluding carboxylic acids is 2. The molecule has 4 nitrogen and oxygen atoms in total. The molecule has 2 fully saturated rings. The van der Waals surface area contributed by atoms with E-state index in [9.17, 15) is 9.59 Å². The zero-order valence-electron chi connectivity index (χ0n) is 9.73. The van der Waals surface area contributed by atoms with Crippen LogP contribution < -0.4 is 10.2 Å². The molecule has 1 saturated carbocycles. The van der Waals surface area contributed by atoms with Crippen LogP contribution in [0.15, 0.2) is 28.7 Å². The fraction of sp³-hybridized carbons (Fsp3) is 0.385. The molecule has 0 radical (unpaired) electrons. The van der Waals surface area contributed by atoms with E-state index in [-0.39, 0.29) is 24.4 Å². The Hall–Kier alpha value is -1.36. The van der Waals surface area contributed by atoms with Crippen molar-refractivity contribution in [3.63, 3.8) is 0 Å². The highest BCUT2D eigenvalue weighted by Gasteiger charge is 2.42. The predicted octanol–water partition coefficient (Wildman–Crippen LogP) is 1.69. The summed E-state index contributed by atoms with van der Waals surface area (Å²) in [5.74, 6) is 0.262. The highest BCUT2D eigenvalue weighted by molar-refractivity contribution is 9.10. The molecule has 0 spiro atoms. The maximum Gasteiger partial charge on any atom is 0.250 e. The molecule has 1 N–H and O–H groups in total. The molecule has 1 aromatic rings. The third-order valence-electron chi connectivity index (χ3n) is 3.36. The van der Waals surface area contributed by atoms with Crippen molar-refractivity contribution in [3.8, 4) is 0 Å². The number of halogens is 1. The third-order valence-corrected chi connectivity index (χ3v) is 3.86. The number of amides is 2. The molecule has 1 saturated heterocycles. The Balaban J connectivity index is 1.90. The lowest BCUT2D eigenvalue weighted by molar-refractivity contribution is -0.131. The zero-order valence-corrected chi connectivity index (χ0v) is 11.3. The monoisotopic (exact) mass is 308 g/mol. The molecule has 94 valence electrons. The summed E-state index contributed by atoms with van der Waals surface area (Å²) in [5.41, 5.74) is 0.773. The molecule has 2 amide bonds. The smallest absolute Gasteiger partial charge is 0.250 e. The van der Waals surface area contributed by atoms with Crippen molar-refractivity contribution in [1.29, 1.82) is 0 Å². The van der Waals surface area contributed by atoms with Crippen LogP contribution in [-0.2, 0) is 9.59 Å². The maximum absolute atomic E-state index is 12.4. The van der Waals surface area contributed by atoms with Crippen LogP contribution in [0.5, 0.6) is 0 Å². The Morgan fingerprint density at radius 1 is 1.28 bits per heavy atom. The van der Waals surface area contributed by atoms with Gasteiger partial charge in [-0.2, -0.15) is 0 Å². The molecule has 1 heterocycles. The first-order valence-corrected chi connectivity index (χ1v) is 6.81. The average Bonchev–Trinajstić information content (AvgIpc) is 3.16. The van der Waals surface area contributed by atoms with Crippen LogP contribution in [0.3, 0.4) is 0 Å². The fourth-order valence-corrected chi connectivity index (χ4v) is 2.67. The van der Waals surface area contributed by atoms with E-state index in [0.717, 1.165) is 23.0 Å². The number of benzene rings is 1. The van der Waals surface area contributed by atoms with Crippen LogP contribution in [0.4, 0.5) is 5.69 Å². The number of nitrogens with one attached hydrogen (secondary N) is 1. The second kappa shape index (κ2) is 4.39. The fourth-order valence-electron chi connectivity index (χ4n) is 2.28. The quantitative estimate of drug-likeness (QED) is 0.904. The average molecular weight is 309 g/mol. The van der Waals surface area contributed by atoms with E-state index in [1.165, 1.54) is 0 Å². The van der Waals surface area contributed by atoms with Gasteiger partial charge in [0.15, 0.2) is 0 Å². The van der Waals surface area contributed by atoms with Gasteiger partial charge >= 0.3 is 0 Å². The Morgan fingerprint density at radius 2 is 2.06 bits per heavy atom. The van der Waals surface area contributed by atoms with Crippen molar-refractivity contribution in [3.05, 3.63) is 28.7 Å². The Labute approximate surface area is 113 Å². The lowest BCUT2D eigenvalue weighted by atomic mass is 10.1. The van der Waals surface area contributed by atoms with E-state index in [1.807, 2.05) is 24.3 Å². The summed E-state index contributed by atoms with van der Waals surface area (Å²) in [6, 6.07) is 7.15. The molecule has 18 heavy (non-hydrogen) atoms. The molecule has 1 atom stereocenters. The molecule has 0 bridgehead atoms. The summed E-state index contributed by atoms with van der Waals surface area (Å²) >= 11 is 3.38. The van der Waals surface area contributed by atoms with Gasteiger partial charge in [0.25, 0.3) is 0 Å². The van der Waals surface area contributed by atoms with Crippen LogP contribution >= 0.6 is 15.9 Å². The number of hydrogen-bond acceptors (Lipinski definition) is 2. The summed E-state index contributed by atoms with van der Waals surface area (Å²) < 4.78 is 0.904. The number of piperazine rings is 1. The van der Waals surface area contributed by atoms with Gasteiger partial charge < -0.3 is 10.2 Å². The number of carbonyl (C=O) groups is 2. The molecule has 5 heteroatoms. The lowest BCUT2D eigenvalue weighted by Crippen LogP contribution is -2.59. The first-order valence-electron chi connectivity index (χ1n) is 6.01. The number of nitrogens with zero attached hydrogens (tertiary/aromatic N) is 1. The van der Waals surface area contributed by atoms with E-state index in [4.69, 9.17) is 0 Å². The molecule has 3 rings (SSSR count). The SMILES string of the molecule is O=C1CN(c2cccc(Br)c2)C(=O)C(C2CC2)N1. The van der Waals surface area contributed by atoms with Crippen LogP contribution in [0.25, 0.3) is 0 Å². The molecule has 1 aliphatic heterocycles. The van der Waals surface area contributed by atoms with Gasteiger partial charge in [-0.15, -0.1) is 0 Å². The van der Waals surface area contributed by atoms with Gasteiger partial charge in [0, 0.05) is 10.2 Å². The summed E-state index contributed by atoms with van der Waals surface area (Å²) in [6.45, 7) is 0.110. The Morgan fingerprint density at radius 3 is 2.72 bits per heavy atom. The lowest BCUT2D eigenvalue weighted by Gasteiger charge is -2.32. The second-order valence-electron chi connectivity index (χ2n) is 4.79. The van der Waals surface area contributed by atoms with E-state index in [2.05, 4.69) is 21.2 Å². The number of hydrogen-bond donors (Lipinski definition) is 1. The van der Waals surface area contributed by atoms with E-state index in [1.54, 1.807) is 4.90 Å². The molecule has 1 aromatic carbocycles. The van der Waals surface area contributed by atoms with Gasteiger partial charge in [0.05, 0.1) is 0 Å². The summed E-state index contributed by atoms with van der Waals surface area (Å²) in [5, 5.41) is 2.80. The zero-order chi connectivity index (χ0) is 12.7. The minimum atomic E-state index is -0.328. The highest BCUT2D eigenvalue weighted by atomic mass is 79.9.